The van der Waals surface area contributed by atoms with E-state index in [1.54, 1.807) is 48.8 Å². The fraction of sp³-hybridized carbons (Fsp3) is 0.208. The standard InChI is InChI=1S/C24H22N2O4S/c1-2-12-30-18-6-3-5-17(14-18)22(27)20-21(19-7-4-13-31-19)26(24(29)23(20)28)15-16-8-10-25-11-9-16/h3-11,13-14,21,27H,2,12,15H2,1H3. The topological polar surface area (TPSA) is 79.7 Å². The number of hydrogen-bond acceptors (Lipinski definition) is 6. The molecule has 6 nitrogen and oxygen atoms in total. The van der Waals surface area contributed by atoms with Crippen molar-refractivity contribution >= 4 is 28.8 Å². The van der Waals surface area contributed by atoms with E-state index < -0.39 is 17.7 Å². The maximum absolute atomic E-state index is 13.0. The SMILES string of the molecule is CCCOc1cccc(C(O)=C2C(=O)C(=O)N(Cc3ccncc3)C2c2cccs2)c1. The van der Waals surface area contributed by atoms with Crippen molar-refractivity contribution in [3.8, 4) is 5.75 Å². The predicted molar refractivity (Wildman–Crippen MR) is 119 cm³/mol. The van der Waals surface area contributed by atoms with Crippen LogP contribution in [0.4, 0.5) is 0 Å². The Morgan fingerprint density at radius 2 is 1.97 bits per heavy atom. The number of benzene rings is 1. The number of aliphatic hydroxyl groups excluding tert-OH is 1. The highest BCUT2D eigenvalue weighted by atomic mass is 32.1. The molecule has 3 heterocycles. The van der Waals surface area contributed by atoms with E-state index in [1.807, 2.05) is 24.4 Å². The zero-order chi connectivity index (χ0) is 21.8. The number of aliphatic hydroxyl groups is 1. The lowest BCUT2D eigenvalue weighted by Gasteiger charge is -2.24. The second-order valence-corrected chi connectivity index (χ2v) is 8.15. The van der Waals surface area contributed by atoms with Crippen molar-refractivity contribution in [1.29, 1.82) is 0 Å². The van der Waals surface area contributed by atoms with Gasteiger partial charge in [-0.3, -0.25) is 14.6 Å². The van der Waals surface area contributed by atoms with Gasteiger partial charge in [0.05, 0.1) is 18.2 Å². The summed E-state index contributed by atoms with van der Waals surface area (Å²) in [5.74, 6) is -0.916. The molecule has 2 aromatic heterocycles. The van der Waals surface area contributed by atoms with Gasteiger partial charge in [-0.05, 0) is 47.7 Å². The van der Waals surface area contributed by atoms with Gasteiger partial charge in [0, 0.05) is 29.4 Å². The summed E-state index contributed by atoms with van der Waals surface area (Å²) in [6.45, 7) is 2.80. The molecule has 1 amide bonds. The molecule has 0 radical (unpaired) electrons. The molecule has 0 aliphatic carbocycles. The summed E-state index contributed by atoms with van der Waals surface area (Å²) in [5.41, 5.74) is 1.39. The Hall–Kier alpha value is -3.45. The van der Waals surface area contributed by atoms with Crippen LogP contribution in [0, 0.1) is 0 Å². The number of ketones is 1. The van der Waals surface area contributed by atoms with Crippen LogP contribution in [-0.4, -0.2) is 33.3 Å². The second kappa shape index (κ2) is 9.14. The Balaban J connectivity index is 1.78. The first kappa shape index (κ1) is 20.8. The lowest BCUT2D eigenvalue weighted by atomic mass is 9.99. The van der Waals surface area contributed by atoms with Crippen LogP contribution in [0.15, 0.2) is 71.9 Å². The maximum atomic E-state index is 13.0. The number of rotatable bonds is 7. The molecule has 1 aliphatic rings. The molecule has 1 fully saturated rings. The van der Waals surface area contributed by atoms with Crippen LogP contribution in [0.1, 0.15) is 35.4 Å². The molecule has 0 saturated carbocycles. The van der Waals surface area contributed by atoms with E-state index in [0.29, 0.717) is 17.9 Å². The zero-order valence-electron chi connectivity index (χ0n) is 17.0. The number of likely N-dealkylation sites (tertiary alicyclic amines) is 1. The van der Waals surface area contributed by atoms with Gasteiger partial charge in [-0.2, -0.15) is 0 Å². The number of hydrogen-bond donors (Lipinski definition) is 1. The molecule has 0 spiro atoms. The predicted octanol–water partition coefficient (Wildman–Crippen LogP) is 4.55. The number of aromatic nitrogens is 1. The van der Waals surface area contributed by atoms with E-state index in [2.05, 4.69) is 4.98 Å². The molecular weight excluding hydrogens is 412 g/mol. The van der Waals surface area contributed by atoms with Gasteiger partial charge >= 0.3 is 0 Å². The van der Waals surface area contributed by atoms with E-state index in [-0.39, 0.29) is 17.9 Å². The Labute approximate surface area is 184 Å². The van der Waals surface area contributed by atoms with E-state index in [4.69, 9.17) is 4.74 Å². The van der Waals surface area contributed by atoms with Crippen molar-refractivity contribution in [3.05, 3.63) is 87.9 Å². The van der Waals surface area contributed by atoms with Crippen LogP contribution in [0.5, 0.6) is 5.75 Å². The van der Waals surface area contributed by atoms with Crippen molar-refractivity contribution in [2.75, 3.05) is 6.61 Å². The Morgan fingerprint density at radius 1 is 1.16 bits per heavy atom. The number of thiophene rings is 1. The van der Waals surface area contributed by atoms with Crippen LogP contribution in [0.3, 0.4) is 0 Å². The van der Waals surface area contributed by atoms with Crippen LogP contribution < -0.4 is 4.74 Å². The second-order valence-electron chi connectivity index (χ2n) is 7.17. The molecule has 0 bridgehead atoms. The van der Waals surface area contributed by atoms with Crippen molar-refractivity contribution in [1.82, 2.24) is 9.88 Å². The highest BCUT2D eigenvalue weighted by molar-refractivity contribution is 7.10. The summed E-state index contributed by atoms with van der Waals surface area (Å²) in [5, 5.41) is 13.0. The molecule has 1 unspecified atom stereocenters. The fourth-order valence-electron chi connectivity index (χ4n) is 3.58. The molecular formula is C24H22N2O4S. The summed E-state index contributed by atoms with van der Waals surface area (Å²) in [6, 6.07) is 13.6. The van der Waals surface area contributed by atoms with Gasteiger partial charge in [-0.1, -0.05) is 25.1 Å². The summed E-state index contributed by atoms with van der Waals surface area (Å²) < 4.78 is 5.66. The molecule has 31 heavy (non-hydrogen) atoms. The summed E-state index contributed by atoms with van der Waals surface area (Å²) >= 11 is 1.44. The number of pyridine rings is 1. The minimum atomic E-state index is -0.690. The van der Waals surface area contributed by atoms with Gasteiger partial charge < -0.3 is 14.7 Å². The van der Waals surface area contributed by atoms with Crippen LogP contribution in [0.2, 0.25) is 0 Å². The largest absolute Gasteiger partial charge is 0.507 e. The number of nitrogens with zero attached hydrogens (tertiary/aromatic N) is 2. The van der Waals surface area contributed by atoms with E-state index >= 15 is 0 Å². The lowest BCUT2D eigenvalue weighted by Crippen LogP contribution is -2.28. The average molecular weight is 435 g/mol. The number of ether oxygens (including phenoxy) is 1. The highest BCUT2D eigenvalue weighted by Gasteiger charge is 2.46. The third kappa shape index (κ3) is 4.22. The average Bonchev–Trinajstić information content (AvgIpc) is 3.41. The monoisotopic (exact) mass is 434 g/mol. The van der Waals surface area contributed by atoms with E-state index in [1.165, 1.54) is 16.2 Å². The Kier molecular flexibility index (Phi) is 6.13. The van der Waals surface area contributed by atoms with E-state index in [0.717, 1.165) is 16.9 Å². The summed E-state index contributed by atoms with van der Waals surface area (Å²) in [7, 11) is 0. The molecule has 1 aliphatic heterocycles. The minimum absolute atomic E-state index is 0.0918. The summed E-state index contributed by atoms with van der Waals surface area (Å²) in [4.78, 5) is 32.3. The molecule has 158 valence electrons. The number of carbonyl (C=O) groups excluding carboxylic acids is 2. The third-order valence-corrected chi connectivity index (χ3v) is 5.96. The first-order chi connectivity index (χ1) is 15.1. The minimum Gasteiger partial charge on any atom is -0.507 e. The van der Waals surface area contributed by atoms with Gasteiger partial charge in [0.2, 0.25) is 0 Å². The first-order valence-corrected chi connectivity index (χ1v) is 10.9. The number of Topliss-reactive ketones (excluding diaryl/α,β-unsaturated/α-hetero) is 1. The van der Waals surface area contributed by atoms with E-state index in [9.17, 15) is 14.7 Å². The molecule has 7 heteroatoms. The molecule has 1 saturated heterocycles. The van der Waals surface area contributed by atoms with Crippen molar-refractivity contribution < 1.29 is 19.4 Å². The smallest absolute Gasteiger partial charge is 0.295 e. The molecule has 1 atom stereocenters. The molecule has 1 aromatic carbocycles. The molecule has 4 rings (SSSR count). The fourth-order valence-corrected chi connectivity index (χ4v) is 4.42. The van der Waals surface area contributed by atoms with Crippen molar-refractivity contribution in [3.63, 3.8) is 0 Å². The molecule has 1 N–H and O–H groups in total. The Bertz CT molecular complexity index is 1110. The normalized spacial score (nSPS) is 17.8. The van der Waals surface area contributed by atoms with Gasteiger partial charge in [-0.25, -0.2) is 0 Å². The lowest BCUT2D eigenvalue weighted by molar-refractivity contribution is -0.140. The van der Waals surface area contributed by atoms with Crippen LogP contribution >= 0.6 is 11.3 Å². The zero-order valence-corrected chi connectivity index (χ0v) is 17.8. The Morgan fingerprint density at radius 3 is 2.68 bits per heavy atom. The maximum Gasteiger partial charge on any atom is 0.295 e. The van der Waals surface area contributed by atoms with Crippen LogP contribution in [-0.2, 0) is 16.1 Å². The molecule has 3 aromatic rings. The third-order valence-electron chi connectivity index (χ3n) is 5.04. The number of amides is 1. The van der Waals surface area contributed by atoms with Gasteiger partial charge in [0.1, 0.15) is 11.5 Å². The van der Waals surface area contributed by atoms with Gasteiger partial charge in [-0.15, -0.1) is 11.3 Å². The van der Waals surface area contributed by atoms with Gasteiger partial charge in [0.15, 0.2) is 0 Å². The quantitative estimate of drug-likeness (QED) is 0.335. The highest BCUT2D eigenvalue weighted by Crippen LogP contribution is 2.42. The van der Waals surface area contributed by atoms with Gasteiger partial charge in [0.25, 0.3) is 11.7 Å². The van der Waals surface area contributed by atoms with Crippen LogP contribution in [0.25, 0.3) is 5.76 Å². The number of carbonyl (C=O) groups is 2. The first-order valence-electron chi connectivity index (χ1n) is 10.0. The van der Waals surface area contributed by atoms with Crippen molar-refractivity contribution in [2.45, 2.75) is 25.9 Å². The summed E-state index contributed by atoms with van der Waals surface area (Å²) in [6.07, 6.45) is 4.15. The van der Waals surface area contributed by atoms with Crippen molar-refractivity contribution in [2.24, 2.45) is 0 Å².